The maximum atomic E-state index is 14.7. The van der Waals surface area contributed by atoms with E-state index in [1.54, 1.807) is 54.6 Å². The van der Waals surface area contributed by atoms with E-state index < -0.39 is 35.1 Å². The highest BCUT2D eigenvalue weighted by Crippen LogP contribution is 2.43. The summed E-state index contributed by atoms with van der Waals surface area (Å²) in [6.07, 6.45) is 0.786. The van der Waals surface area contributed by atoms with Gasteiger partial charge in [0.1, 0.15) is 23.1 Å². The number of rotatable bonds is 6. The zero-order valence-corrected chi connectivity index (χ0v) is 17.8. The zero-order valence-electron chi connectivity index (χ0n) is 17.8. The third kappa shape index (κ3) is 4.22. The van der Waals surface area contributed by atoms with Crippen molar-refractivity contribution in [2.45, 2.75) is 19.4 Å². The Kier molecular flexibility index (Phi) is 6.22. The molecule has 0 bridgehead atoms. The molecular formula is C26H21F2NO4. The molecule has 0 aliphatic carbocycles. The summed E-state index contributed by atoms with van der Waals surface area (Å²) < 4.78 is 34.2. The lowest BCUT2D eigenvalue weighted by Gasteiger charge is -2.25. The second kappa shape index (κ2) is 9.24. The molecule has 1 aliphatic rings. The van der Waals surface area contributed by atoms with Crippen LogP contribution in [0.25, 0.3) is 5.76 Å². The lowest BCUT2D eigenvalue weighted by Crippen LogP contribution is -2.30. The number of nitrogens with zero attached hydrogens (tertiary/aromatic N) is 1. The monoisotopic (exact) mass is 449 g/mol. The molecule has 3 aromatic rings. The van der Waals surface area contributed by atoms with Crippen molar-refractivity contribution in [3.63, 3.8) is 0 Å². The Bertz CT molecular complexity index is 1240. The lowest BCUT2D eigenvalue weighted by atomic mass is 9.95. The fraction of sp³-hybridized carbons (Fsp3) is 0.154. The zero-order chi connectivity index (χ0) is 23.5. The largest absolute Gasteiger partial charge is 0.507 e. The van der Waals surface area contributed by atoms with Gasteiger partial charge in [-0.15, -0.1) is 0 Å². The van der Waals surface area contributed by atoms with Crippen LogP contribution in [0.3, 0.4) is 0 Å². The third-order valence-electron chi connectivity index (χ3n) is 5.31. The molecule has 0 saturated carbocycles. The van der Waals surface area contributed by atoms with Gasteiger partial charge in [-0.25, -0.2) is 8.78 Å². The molecule has 33 heavy (non-hydrogen) atoms. The molecule has 1 amide bonds. The van der Waals surface area contributed by atoms with Gasteiger partial charge in [0.25, 0.3) is 11.7 Å². The van der Waals surface area contributed by atoms with E-state index in [1.165, 1.54) is 0 Å². The first-order valence-electron chi connectivity index (χ1n) is 10.5. The molecule has 1 N–H and O–H groups in total. The Morgan fingerprint density at radius 3 is 2.48 bits per heavy atom. The quantitative estimate of drug-likeness (QED) is 0.312. The summed E-state index contributed by atoms with van der Waals surface area (Å²) in [6, 6.07) is 16.4. The summed E-state index contributed by atoms with van der Waals surface area (Å²) >= 11 is 0. The van der Waals surface area contributed by atoms with Crippen LogP contribution in [-0.2, 0) is 9.59 Å². The van der Waals surface area contributed by atoms with Gasteiger partial charge >= 0.3 is 0 Å². The Labute approximate surface area is 189 Å². The number of ketones is 1. The van der Waals surface area contributed by atoms with Crippen molar-refractivity contribution < 1.29 is 28.2 Å². The van der Waals surface area contributed by atoms with Gasteiger partial charge in [0.15, 0.2) is 0 Å². The highest BCUT2D eigenvalue weighted by Gasteiger charge is 2.47. The summed E-state index contributed by atoms with van der Waals surface area (Å²) in [6.45, 7) is 2.42. The number of benzene rings is 3. The number of hydrogen-bond acceptors (Lipinski definition) is 4. The normalized spacial score (nSPS) is 17.4. The van der Waals surface area contributed by atoms with Crippen LogP contribution in [0.5, 0.6) is 5.75 Å². The van der Waals surface area contributed by atoms with E-state index in [0.29, 0.717) is 17.9 Å². The maximum Gasteiger partial charge on any atom is 0.300 e. The van der Waals surface area contributed by atoms with Crippen LogP contribution < -0.4 is 9.64 Å². The number of aliphatic hydroxyl groups is 1. The van der Waals surface area contributed by atoms with Crippen LogP contribution in [0.2, 0.25) is 0 Å². The molecule has 1 aliphatic heterocycles. The molecule has 4 rings (SSSR count). The molecule has 1 fully saturated rings. The summed E-state index contributed by atoms with van der Waals surface area (Å²) in [4.78, 5) is 27.0. The molecule has 168 valence electrons. The van der Waals surface area contributed by atoms with Crippen molar-refractivity contribution in [1.82, 2.24) is 0 Å². The summed E-state index contributed by atoms with van der Waals surface area (Å²) in [5.74, 6) is -3.63. The summed E-state index contributed by atoms with van der Waals surface area (Å²) in [7, 11) is 0. The minimum absolute atomic E-state index is 0.220. The van der Waals surface area contributed by atoms with Crippen molar-refractivity contribution in [3.8, 4) is 5.75 Å². The van der Waals surface area contributed by atoms with Crippen LogP contribution in [0, 0.1) is 11.6 Å². The predicted octanol–water partition coefficient (Wildman–Crippen LogP) is 5.38. The first-order valence-corrected chi connectivity index (χ1v) is 10.5. The Morgan fingerprint density at radius 2 is 1.76 bits per heavy atom. The second-order valence-corrected chi connectivity index (χ2v) is 7.55. The Balaban J connectivity index is 1.91. The van der Waals surface area contributed by atoms with Gasteiger partial charge in [0.2, 0.25) is 0 Å². The minimum atomic E-state index is -1.15. The predicted molar refractivity (Wildman–Crippen MR) is 120 cm³/mol. The maximum absolute atomic E-state index is 14.7. The van der Waals surface area contributed by atoms with Gasteiger partial charge in [-0.1, -0.05) is 49.4 Å². The first-order chi connectivity index (χ1) is 15.9. The smallest absolute Gasteiger partial charge is 0.300 e. The number of hydrogen-bond donors (Lipinski definition) is 1. The lowest BCUT2D eigenvalue weighted by molar-refractivity contribution is -0.132. The molecule has 1 heterocycles. The van der Waals surface area contributed by atoms with Crippen LogP contribution in [0.1, 0.15) is 30.5 Å². The molecule has 7 heteroatoms. The molecule has 3 aromatic carbocycles. The third-order valence-corrected chi connectivity index (χ3v) is 5.31. The fourth-order valence-corrected chi connectivity index (χ4v) is 3.81. The number of aliphatic hydroxyl groups excluding tert-OH is 1. The van der Waals surface area contributed by atoms with E-state index >= 15 is 0 Å². The number of carbonyl (C=O) groups excluding carboxylic acids is 2. The number of halogens is 2. The van der Waals surface area contributed by atoms with Crippen LogP contribution in [0.15, 0.2) is 78.4 Å². The van der Waals surface area contributed by atoms with Gasteiger partial charge in [0.05, 0.1) is 23.9 Å². The summed E-state index contributed by atoms with van der Waals surface area (Å²) in [5.41, 5.74) is 0.120. The van der Waals surface area contributed by atoms with E-state index in [2.05, 4.69) is 0 Å². The van der Waals surface area contributed by atoms with E-state index in [1.807, 2.05) is 6.92 Å². The van der Waals surface area contributed by atoms with Crippen molar-refractivity contribution >= 4 is 23.1 Å². The molecule has 0 radical (unpaired) electrons. The first kappa shape index (κ1) is 22.2. The summed E-state index contributed by atoms with van der Waals surface area (Å²) in [5, 5.41) is 11.1. The second-order valence-electron chi connectivity index (χ2n) is 7.55. The van der Waals surface area contributed by atoms with Crippen LogP contribution in [0.4, 0.5) is 14.5 Å². The van der Waals surface area contributed by atoms with E-state index in [-0.39, 0.29) is 16.8 Å². The average molecular weight is 449 g/mol. The van der Waals surface area contributed by atoms with E-state index in [4.69, 9.17) is 4.74 Å². The van der Waals surface area contributed by atoms with Crippen LogP contribution >= 0.6 is 0 Å². The van der Waals surface area contributed by atoms with Gasteiger partial charge < -0.3 is 9.84 Å². The molecule has 1 atom stereocenters. The molecular weight excluding hydrogens is 428 g/mol. The van der Waals surface area contributed by atoms with Gasteiger partial charge in [-0.2, -0.15) is 0 Å². The van der Waals surface area contributed by atoms with E-state index in [0.717, 1.165) is 29.5 Å². The van der Waals surface area contributed by atoms with Crippen LogP contribution in [-0.4, -0.2) is 23.4 Å². The van der Waals surface area contributed by atoms with E-state index in [9.17, 15) is 23.5 Å². The molecule has 1 saturated heterocycles. The molecule has 0 aromatic heterocycles. The highest BCUT2D eigenvalue weighted by molar-refractivity contribution is 6.51. The fourth-order valence-electron chi connectivity index (χ4n) is 3.81. The number of Topliss-reactive ketones (excluding diaryl/α,β-unsaturated/α-hetero) is 1. The number of anilines is 1. The number of carbonyl (C=O) groups is 2. The van der Waals surface area contributed by atoms with Gasteiger partial charge in [0, 0.05) is 11.6 Å². The van der Waals surface area contributed by atoms with Gasteiger partial charge in [-0.05, 0) is 36.2 Å². The highest BCUT2D eigenvalue weighted by atomic mass is 19.1. The number of ether oxygens (including phenoxy) is 1. The molecule has 5 nitrogen and oxygen atoms in total. The van der Waals surface area contributed by atoms with Crippen molar-refractivity contribution in [2.24, 2.45) is 0 Å². The topological polar surface area (TPSA) is 66.8 Å². The standard InChI is InChI=1S/C26H21F2NO4/c1-2-13-33-19-10-6-9-17(14-19)24(30)22-23(16-7-4-3-5-8-16)29(26(32)25(22)31)21-15-18(27)11-12-20(21)28/h3-12,14-15,23,30H,2,13H2,1H3/b24-22+. The SMILES string of the molecule is CCCOc1cccc(/C(O)=C2\C(=O)C(=O)N(c3cc(F)ccc3F)C2c2ccccc2)c1. The van der Waals surface area contributed by atoms with Gasteiger partial charge in [-0.3, -0.25) is 14.5 Å². The molecule has 1 unspecified atom stereocenters. The van der Waals surface area contributed by atoms with Crippen molar-refractivity contribution in [2.75, 3.05) is 11.5 Å². The van der Waals surface area contributed by atoms with Crippen molar-refractivity contribution in [3.05, 3.63) is 101 Å². The number of amides is 1. The Hall–Kier alpha value is -4.00. The average Bonchev–Trinajstić information content (AvgIpc) is 3.10. The molecule has 0 spiro atoms. The Morgan fingerprint density at radius 1 is 1.00 bits per heavy atom. The van der Waals surface area contributed by atoms with Crippen molar-refractivity contribution in [1.29, 1.82) is 0 Å². The minimum Gasteiger partial charge on any atom is -0.507 e.